The van der Waals surface area contributed by atoms with Gasteiger partial charge in [-0.3, -0.25) is 9.20 Å². The minimum absolute atomic E-state index is 0.260. The highest BCUT2D eigenvalue weighted by atomic mass is 16.2. The van der Waals surface area contributed by atoms with Gasteiger partial charge >= 0.3 is 0 Å². The summed E-state index contributed by atoms with van der Waals surface area (Å²) in [6.45, 7) is 5.66. The number of hydrogen-bond donors (Lipinski definition) is 1. The predicted octanol–water partition coefficient (Wildman–Crippen LogP) is 2.49. The number of aromatic nitrogens is 6. The summed E-state index contributed by atoms with van der Waals surface area (Å²) in [5.41, 5.74) is 4.22. The third-order valence-electron chi connectivity index (χ3n) is 4.01. The van der Waals surface area contributed by atoms with Crippen LogP contribution in [0.1, 0.15) is 27.6 Å². The normalized spacial score (nSPS) is 11.0. The molecule has 0 atom stereocenters. The molecule has 130 valence electrons. The quantitative estimate of drug-likeness (QED) is 0.615. The first-order chi connectivity index (χ1) is 12.5. The van der Waals surface area contributed by atoms with Crippen molar-refractivity contribution in [2.24, 2.45) is 0 Å². The molecule has 1 amide bonds. The van der Waals surface area contributed by atoms with Gasteiger partial charge in [-0.1, -0.05) is 6.07 Å². The van der Waals surface area contributed by atoms with Gasteiger partial charge in [-0.2, -0.15) is 5.10 Å². The summed E-state index contributed by atoms with van der Waals surface area (Å²) < 4.78 is 3.42. The first-order valence-corrected chi connectivity index (χ1v) is 8.13. The molecule has 4 aromatic heterocycles. The number of nitrogens with one attached hydrogen (secondary N) is 1. The Morgan fingerprint density at radius 1 is 1.12 bits per heavy atom. The first-order valence-electron chi connectivity index (χ1n) is 8.13. The minimum atomic E-state index is -0.260. The average Bonchev–Trinajstić information content (AvgIpc) is 3.13. The highest BCUT2D eigenvalue weighted by molar-refractivity contribution is 6.04. The van der Waals surface area contributed by atoms with E-state index in [1.807, 2.05) is 51.2 Å². The Labute approximate surface area is 149 Å². The second kappa shape index (κ2) is 6.07. The molecule has 0 bridgehead atoms. The molecule has 4 aromatic rings. The summed E-state index contributed by atoms with van der Waals surface area (Å²) in [6, 6.07) is 7.55. The summed E-state index contributed by atoms with van der Waals surface area (Å²) in [7, 11) is 0. The van der Waals surface area contributed by atoms with Crippen molar-refractivity contribution in [1.29, 1.82) is 0 Å². The molecular weight excluding hydrogens is 330 g/mol. The molecule has 0 unspecified atom stereocenters. The van der Waals surface area contributed by atoms with E-state index >= 15 is 0 Å². The SMILES string of the molecule is Cc1cc(C)n(-c2ncc(NC(=O)c3c(C)nc4ccccn34)cn2)n1. The van der Waals surface area contributed by atoms with E-state index in [9.17, 15) is 4.79 Å². The lowest BCUT2D eigenvalue weighted by Crippen LogP contribution is -2.16. The number of carbonyl (C=O) groups excluding carboxylic acids is 1. The number of carbonyl (C=O) groups is 1. The van der Waals surface area contributed by atoms with Crippen LogP contribution in [0.4, 0.5) is 5.69 Å². The van der Waals surface area contributed by atoms with Crippen molar-refractivity contribution in [3.05, 3.63) is 65.6 Å². The Morgan fingerprint density at radius 2 is 1.88 bits per heavy atom. The van der Waals surface area contributed by atoms with Crippen molar-refractivity contribution in [1.82, 2.24) is 29.1 Å². The van der Waals surface area contributed by atoms with Gasteiger partial charge in [-0.25, -0.2) is 19.6 Å². The van der Waals surface area contributed by atoms with Crippen molar-refractivity contribution in [3.8, 4) is 5.95 Å². The van der Waals surface area contributed by atoms with Crippen molar-refractivity contribution < 1.29 is 4.79 Å². The minimum Gasteiger partial charge on any atom is -0.318 e. The molecule has 0 aliphatic rings. The maximum absolute atomic E-state index is 12.7. The van der Waals surface area contributed by atoms with Crippen molar-refractivity contribution in [3.63, 3.8) is 0 Å². The van der Waals surface area contributed by atoms with Gasteiger partial charge in [-0.05, 0) is 39.0 Å². The second-order valence-electron chi connectivity index (χ2n) is 6.04. The van der Waals surface area contributed by atoms with Crippen molar-refractivity contribution in [2.75, 3.05) is 5.32 Å². The Kier molecular flexibility index (Phi) is 3.72. The van der Waals surface area contributed by atoms with Gasteiger partial charge in [0.05, 0.1) is 29.5 Å². The molecule has 0 saturated carbocycles. The van der Waals surface area contributed by atoms with Gasteiger partial charge in [-0.15, -0.1) is 0 Å². The van der Waals surface area contributed by atoms with Gasteiger partial charge in [0.25, 0.3) is 11.9 Å². The molecule has 4 rings (SSSR count). The summed E-state index contributed by atoms with van der Waals surface area (Å²) in [5.74, 6) is 0.197. The van der Waals surface area contributed by atoms with E-state index in [4.69, 9.17) is 0 Å². The zero-order valence-corrected chi connectivity index (χ0v) is 14.6. The van der Waals surface area contributed by atoms with E-state index in [0.29, 0.717) is 23.0 Å². The molecule has 8 heteroatoms. The Morgan fingerprint density at radius 3 is 2.58 bits per heavy atom. The van der Waals surface area contributed by atoms with E-state index in [1.165, 1.54) is 0 Å². The third-order valence-corrected chi connectivity index (χ3v) is 4.01. The van der Waals surface area contributed by atoms with E-state index in [2.05, 4.69) is 25.4 Å². The van der Waals surface area contributed by atoms with Gasteiger partial charge in [0, 0.05) is 11.9 Å². The number of anilines is 1. The van der Waals surface area contributed by atoms with Crippen LogP contribution >= 0.6 is 0 Å². The molecule has 4 heterocycles. The number of fused-ring (bicyclic) bond motifs is 1. The largest absolute Gasteiger partial charge is 0.318 e. The Balaban J connectivity index is 1.60. The maximum atomic E-state index is 12.7. The van der Waals surface area contributed by atoms with Crippen LogP contribution in [0.5, 0.6) is 0 Å². The van der Waals surface area contributed by atoms with Crippen molar-refractivity contribution in [2.45, 2.75) is 20.8 Å². The Hall–Kier alpha value is -3.55. The van der Waals surface area contributed by atoms with Crippen LogP contribution in [0.15, 0.2) is 42.9 Å². The molecule has 0 fully saturated rings. The van der Waals surface area contributed by atoms with Crippen LogP contribution in [0.25, 0.3) is 11.6 Å². The van der Waals surface area contributed by atoms with Crippen LogP contribution in [0, 0.1) is 20.8 Å². The third kappa shape index (κ3) is 2.71. The lowest BCUT2D eigenvalue weighted by molar-refractivity contribution is 0.102. The van der Waals surface area contributed by atoms with Crippen LogP contribution in [0.2, 0.25) is 0 Å². The molecule has 1 N–H and O–H groups in total. The van der Waals surface area contributed by atoms with Crippen molar-refractivity contribution >= 4 is 17.2 Å². The van der Waals surface area contributed by atoms with Crippen LogP contribution in [-0.2, 0) is 0 Å². The number of amides is 1. The average molecular weight is 347 g/mol. The maximum Gasteiger partial charge on any atom is 0.274 e. The van der Waals surface area contributed by atoms with Gasteiger partial charge in [0.15, 0.2) is 0 Å². The topological polar surface area (TPSA) is 90.0 Å². The molecule has 8 nitrogen and oxygen atoms in total. The zero-order valence-electron chi connectivity index (χ0n) is 14.6. The lowest BCUT2D eigenvalue weighted by atomic mass is 10.3. The molecule has 0 radical (unpaired) electrons. The van der Waals surface area contributed by atoms with Crippen LogP contribution in [-0.4, -0.2) is 35.0 Å². The fraction of sp³-hybridized carbons (Fsp3) is 0.167. The molecule has 26 heavy (non-hydrogen) atoms. The van der Waals surface area contributed by atoms with Crippen LogP contribution in [0.3, 0.4) is 0 Å². The standard InChI is InChI=1S/C18H17N7O/c1-11-8-12(2)25(23-11)18-19-9-14(10-20-18)22-17(26)16-13(3)21-15-6-4-5-7-24(15)16/h4-10H,1-3H3,(H,22,26). The number of aryl methyl sites for hydroxylation is 3. The fourth-order valence-electron chi connectivity index (χ4n) is 2.90. The molecule has 0 aromatic carbocycles. The second-order valence-corrected chi connectivity index (χ2v) is 6.04. The lowest BCUT2D eigenvalue weighted by Gasteiger charge is -2.07. The van der Waals surface area contributed by atoms with E-state index in [1.54, 1.807) is 21.5 Å². The fourth-order valence-corrected chi connectivity index (χ4v) is 2.90. The molecule has 0 aliphatic heterocycles. The molecule has 0 aliphatic carbocycles. The van der Waals surface area contributed by atoms with Gasteiger partial charge in [0.2, 0.25) is 0 Å². The highest BCUT2D eigenvalue weighted by Gasteiger charge is 2.17. The van der Waals surface area contributed by atoms with E-state index in [-0.39, 0.29) is 5.91 Å². The first kappa shape index (κ1) is 15.9. The summed E-state index contributed by atoms with van der Waals surface area (Å²) in [6.07, 6.45) is 4.94. The summed E-state index contributed by atoms with van der Waals surface area (Å²) in [5, 5.41) is 7.17. The number of rotatable bonds is 3. The smallest absolute Gasteiger partial charge is 0.274 e. The Bertz CT molecular complexity index is 1110. The molecular formula is C18H17N7O. The predicted molar refractivity (Wildman–Crippen MR) is 96.5 cm³/mol. The molecule has 0 spiro atoms. The number of nitrogens with zero attached hydrogens (tertiary/aromatic N) is 6. The number of hydrogen-bond acceptors (Lipinski definition) is 5. The zero-order chi connectivity index (χ0) is 18.3. The highest BCUT2D eigenvalue weighted by Crippen LogP contribution is 2.15. The van der Waals surface area contributed by atoms with E-state index in [0.717, 1.165) is 17.0 Å². The summed E-state index contributed by atoms with van der Waals surface area (Å²) in [4.78, 5) is 25.7. The number of imidazole rings is 1. The number of pyridine rings is 1. The van der Waals surface area contributed by atoms with E-state index < -0.39 is 0 Å². The molecule has 0 saturated heterocycles. The monoisotopic (exact) mass is 347 g/mol. The van der Waals surface area contributed by atoms with Gasteiger partial charge in [0.1, 0.15) is 11.3 Å². The van der Waals surface area contributed by atoms with Crippen LogP contribution < -0.4 is 5.32 Å². The summed E-state index contributed by atoms with van der Waals surface area (Å²) >= 11 is 0. The van der Waals surface area contributed by atoms with Gasteiger partial charge < -0.3 is 5.32 Å².